The highest BCUT2D eigenvalue weighted by Crippen LogP contribution is 2.35. The summed E-state index contributed by atoms with van der Waals surface area (Å²) in [6.45, 7) is 1.56. The SMILES string of the molecule is COc1ccc(/C=C(/NC(=O)c2ccccc2)C(=O)Nc2cccc(SC(C)C(=O)Nc3ccccc3C(F)(F)F)c2)cc1OC. The van der Waals surface area contributed by atoms with Crippen molar-refractivity contribution in [2.45, 2.75) is 23.2 Å². The second-order valence-corrected chi connectivity index (χ2v) is 11.2. The van der Waals surface area contributed by atoms with Gasteiger partial charge in [0.2, 0.25) is 5.91 Å². The van der Waals surface area contributed by atoms with Gasteiger partial charge in [-0.1, -0.05) is 42.5 Å². The molecular weight excluding hydrogens is 619 g/mol. The van der Waals surface area contributed by atoms with Crippen molar-refractivity contribution in [3.63, 3.8) is 0 Å². The number of carbonyl (C=O) groups is 3. The van der Waals surface area contributed by atoms with E-state index in [9.17, 15) is 27.6 Å². The minimum absolute atomic E-state index is 0.0600. The molecule has 8 nitrogen and oxygen atoms in total. The number of alkyl halides is 3. The Morgan fingerprint density at radius 2 is 1.50 bits per heavy atom. The van der Waals surface area contributed by atoms with Crippen molar-refractivity contribution >= 4 is 46.9 Å². The number of carbonyl (C=O) groups excluding carboxylic acids is 3. The lowest BCUT2D eigenvalue weighted by molar-refractivity contribution is -0.137. The van der Waals surface area contributed by atoms with E-state index in [1.807, 2.05) is 0 Å². The maximum Gasteiger partial charge on any atom is 0.418 e. The molecule has 0 saturated heterocycles. The van der Waals surface area contributed by atoms with Gasteiger partial charge in [0.15, 0.2) is 11.5 Å². The van der Waals surface area contributed by atoms with Gasteiger partial charge in [-0.25, -0.2) is 0 Å². The number of amides is 3. The number of nitrogens with one attached hydrogen (secondary N) is 3. The molecule has 1 unspecified atom stereocenters. The third-order valence-electron chi connectivity index (χ3n) is 6.51. The molecule has 12 heteroatoms. The van der Waals surface area contributed by atoms with Gasteiger partial charge in [0.25, 0.3) is 11.8 Å². The Morgan fingerprint density at radius 1 is 0.804 bits per heavy atom. The van der Waals surface area contributed by atoms with Gasteiger partial charge in [0, 0.05) is 16.1 Å². The minimum Gasteiger partial charge on any atom is -0.493 e. The third kappa shape index (κ3) is 8.91. The van der Waals surface area contributed by atoms with E-state index in [4.69, 9.17) is 9.47 Å². The zero-order chi connectivity index (χ0) is 33.3. The predicted octanol–water partition coefficient (Wildman–Crippen LogP) is 7.25. The molecule has 46 heavy (non-hydrogen) atoms. The molecule has 0 fully saturated rings. The van der Waals surface area contributed by atoms with E-state index in [0.717, 1.165) is 17.8 Å². The first-order valence-corrected chi connectivity index (χ1v) is 14.7. The predicted molar refractivity (Wildman–Crippen MR) is 172 cm³/mol. The van der Waals surface area contributed by atoms with Gasteiger partial charge < -0.3 is 25.4 Å². The van der Waals surface area contributed by atoms with Crippen molar-refractivity contribution in [1.82, 2.24) is 5.32 Å². The lowest BCUT2D eigenvalue weighted by Crippen LogP contribution is -2.30. The van der Waals surface area contributed by atoms with Crippen LogP contribution in [-0.2, 0) is 15.8 Å². The quantitative estimate of drug-likeness (QED) is 0.117. The minimum atomic E-state index is -4.62. The molecule has 238 valence electrons. The van der Waals surface area contributed by atoms with E-state index in [1.165, 1.54) is 38.5 Å². The fourth-order valence-electron chi connectivity index (χ4n) is 4.23. The molecule has 0 saturated carbocycles. The molecule has 4 aromatic carbocycles. The van der Waals surface area contributed by atoms with Crippen LogP contribution in [0.5, 0.6) is 11.5 Å². The summed E-state index contributed by atoms with van der Waals surface area (Å²) < 4.78 is 50.7. The van der Waals surface area contributed by atoms with Gasteiger partial charge >= 0.3 is 6.18 Å². The Balaban J connectivity index is 1.52. The van der Waals surface area contributed by atoms with Gasteiger partial charge in [0.1, 0.15) is 5.70 Å². The summed E-state index contributed by atoms with van der Waals surface area (Å²) >= 11 is 1.10. The Labute approximate surface area is 268 Å². The Morgan fingerprint density at radius 3 is 2.20 bits per heavy atom. The smallest absolute Gasteiger partial charge is 0.418 e. The number of benzene rings is 4. The van der Waals surface area contributed by atoms with Crippen molar-refractivity contribution in [1.29, 1.82) is 0 Å². The molecule has 3 amide bonds. The average Bonchev–Trinajstić information content (AvgIpc) is 3.04. The van der Waals surface area contributed by atoms with Crippen LogP contribution in [0.1, 0.15) is 28.4 Å². The Bertz CT molecular complexity index is 1750. The molecule has 4 rings (SSSR count). The molecule has 0 aromatic heterocycles. The summed E-state index contributed by atoms with van der Waals surface area (Å²) in [5, 5.41) is 7.00. The molecule has 0 aliphatic carbocycles. The lowest BCUT2D eigenvalue weighted by Gasteiger charge is -2.16. The zero-order valence-corrected chi connectivity index (χ0v) is 25.8. The fraction of sp³-hybridized carbons (Fsp3) is 0.147. The largest absolute Gasteiger partial charge is 0.493 e. The van der Waals surface area contributed by atoms with Gasteiger partial charge in [-0.2, -0.15) is 13.2 Å². The average molecular weight is 650 g/mol. The van der Waals surface area contributed by atoms with E-state index < -0.39 is 34.7 Å². The number of thioether (sulfide) groups is 1. The van der Waals surface area contributed by atoms with Crippen LogP contribution < -0.4 is 25.4 Å². The number of anilines is 2. The second kappa shape index (κ2) is 15.2. The van der Waals surface area contributed by atoms with Crippen LogP contribution >= 0.6 is 11.8 Å². The van der Waals surface area contributed by atoms with Crippen LogP contribution in [0, 0.1) is 0 Å². The number of rotatable bonds is 11. The molecule has 0 radical (unpaired) electrons. The molecule has 0 aliphatic rings. The van der Waals surface area contributed by atoms with E-state index in [1.54, 1.807) is 79.7 Å². The Hall–Kier alpha value is -5.23. The van der Waals surface area contributed by atoms with Crippen molar-refractivity contribution in [2.24, 2.45) is 0 Å². The molecule has 4 aromatic rings. The standard InChI is InChI=1S/C34H30F3N3O5S/c1-21(31(41)39-27-15-8-7-14-26(27)34(35,36)37)46-25-13-9-12-24(20-25)38-33(43)28(40-32(42)23-10-5-4-6-11-23)18-22-16-17-29(44-2)30(19-22)45-3/h4-21H,1-3H3,(H,38,43)(H,39,41)(H,40,42)/b28-18+. The first kappa shape index (κ1) is 33.7. The summed E-state index contributed by atoms with van der Waals surface area (Å²) in [5.41, 5.74) is -0.0850. The molecule has 0 bridgehead atoms. The maximum atomic E-state index is 13.5. The zero-order valence-electron chi connectivity index (χ0n) is 25.0. The van der Waals surface area contributed by atoms with E-state index in [-0.39, 0.29) is 11.4 Å². The van der Waals surface area contributed by atoms with Crippen LogP contribution in [0.25, 0.3) is 6.08 Å². The van der Waals surface area contributed by atoms with E-state index in [0.29, 0.717) is 33.2 Å². The summed E-state index contributed by atoms with van der Waals surface area (Å²) in [5.74, 6) is -0.842. The van der Waals surface area contributed by atoms with Crippen LogP contribution in [-0.4, -0.2) is 37.2 Å². The highest BCUT2D eigenvalue weighted by molar-refractivity contribution is 8.00. The number of ether oxygens (including phenoxy) is 2. The van der Waals surface area contributed by atoms with Gasteiger partial charge in [-0.15, -0.1) is 11.8 Å². The lowest BCUT2D eigenvalue weighted by atomic mass is 10.1. The molecule has 0 aliphatic heterocycles. The molecule has 0 heterocycles. The number of hydrogen-bond acceptors (Lipinski definition) is 6. The van der Waals surface area contributed by atoms with Gasteiger partial charge in [-0.3, -0.25) is 14.4 Å². The second-order valence-electron chi connectivity index (χ2n) is 9.77. The molecule has 1 atom stereocenters. The number of hydrogen-bond donors (Lipinski definition) is 3. The van der Waals surface area contributed by atoms with Crippen molar-refractivity contribution in [2.75, 3.05) is 24.9 Å². The fourth-order valence-corrected chi connectivity index (χ4v) is 5.15. The molecule has 3 N–H and O–H groups in total. The molecule has 0 spiro atoms. The third-order valence-corrected chi connectivity index (χ3v) is 7.61. The normalized spacial score (nSPS) is 12.1. The summed E-state index contributed by atoms with van der Waals surface area (Å²) in [6.07, 6.45) is -3.14. The summed E-state index contributed by atoms with van der Waals surface area (Å²) in [7, 11) is 2.98. The van der Waals surface area contributed by atoms with Crippen molar-refractivity contribution in [3.8, 4) is 11.5 Å². The monoisotopic (exact) mass is 649 g/mol. The first-order chi connectivity index (χ1) is 22.0. The first-order valence-electron chi connectivity index (χ1n) is 13.8. The number of para-hydroxylation sites is 1. The maximum absolute atomic E-state index is 13.5. The van der Waals surface area contributed by atoms with Gasteiger partial charge in [-0.05, 0) is 73.2 Å². The van der Waals surface area contributed by atoms with Crippen molar-refractivity contribution < 1.29 is 37.0 Å². The summed E-state index contributed by atoms with van der Waals surface area (Å²) in [4.78, 5) is 39.9. The van der Waals surface area contributed by atoms with Crippen LogP contribution in [0.15, 0.2) is 108 Å². The van der Waals surface area contributed by atoms with Gasteiger partial charge in [0.05, 0.1) is 30.7 Å². The topological polar surface area (TPSA) is 106 Å². The van der Waals surface area contributed by atoms with Crippen LogP contribution in [0.4, 0.5) is 24.5 Å². The summed E-state index contributed by atoms with van der Waals surface area (Å²) in [6, 6.07) is 24.7. The Kier molecular flexibility index (Phi) is 11.1. The highest BCUT2D eigenvalue weighted by Gasteiger charge is 2.34. The highest BCUT2D eigenvalue weighted by atomic mass is 32.2. The number of methoxy groups -OCH3 is 2. The van der Waals surface area contributed by atoms with E-state index >= 15 is 0 Å². The van der Waals surface area contributed by atoms with Crippen LogP contribution in [0.2, 0.25) is 0 Å². The molecular formula is C34H30F3N3O5S. The van der Waals surface area contributed by atoms with Crippen molar-refractivity contribution in [3.05, 3.63) is 119 Å². The van der Waals surface area contributed by atoms with Crippen LogP contribution in [0.3, 0.4) is 0 Å². The van der Waals surface area contributed by atoms with E-state index in [2.05, 4.69) is 16.0 Å². The number of halogens is 3.